The third-order valence-corrected chi connectivity index (χ3v) is 4.70. The average Bonchev–Trinajstić information content (AvgIpc) is 2.79. The molecule has 9 nitrogen and oxygen atoms in total. The van der Waals surface area contributed by atoms with Crippen molar-refractivity contribution in [2.75, 3.05) is 0 Å². The number of ether oxygens (including phenoxy) is 1. The van der Waals surface area contributed by atoms with Gasteiger partial charge >= 0.3 is 5.69 Å². The highest BCUT2D eigenvalue weighted by Crippen LogP contribution is 2.30. The molecule has 0 amide bonds. The molecule has 4 aromatic rings. The summed E-state index contributed by atoms with van der Waals surface area (Å²) >= 11 is 0. The first-order chi connectivity index (χ1) is 15.4. The maximum absolute atomic E-state index is 13.1. The molecule has 3 aromatic carbocycles. The van der Waals surface area contributed by atoms with Gasteiger partial charge in [0, 0.05) is 11.6 Å². The molecule has 0 radical (unpaired) electrons. The summed E-state index contributed by atoms with van der Waals surface area (Å²) < 4.78 is 6.82. The molecule has 0 bridgehead atoms. The Hall–Kier alpha value is -4.53. The SMILES string of the molecule is Cc1cc(/C=N/n2c(COc3ccccc3)nc3ccccc3c2=O)c(O)c([N+](=O)[O-])c1. The summed E-state index contributed by atoms with van der Waals surface area (Å²) in [4.78, 5) is 28.1. The molecule has 1 heterocycles. The van der Waals surface area contributed by atoms with Crippen LogP contribution in [-0.2, 0) is 6.61 Å². The number of para-hydroxylation sites is 2. The van der Waals surface area contributed by atoms with Crippen LogP contribution < -0.4 is 10.3 Å². The van der Waals surface area contributed by atoms with Crippen molar-refractivity contribution in [1.82, 2.24) is 9.66 Å². The number of nitro benzene ring substituents is 1. The Morgan fingerprint density at radius 3 is 2.62 bits per heavy atom. The van der Waals surface area contributed by atoms with Gasteiger partial charge in [0.1, 0.15) is 12.4 Å². The fourth-order valence-corrected chi connectivity index (χ4v) is 3.19. The third kappa shape index (κ3) is 4.17. The van der Waals surface area contributed by atoms with E-state index in [-0.39, 0.29) is 18.0 Å². The Morgan fingerprint density at radius 1 is 1.16 bits per heavy atom. The van der Waals surface area contributed by atoms with E-state index in [0.717, 1.165) is 4.68 Å². The molecule has 0 saturated carbocycles. The minimum absolute atomic E-state index is 0.0403. The van der Waals surface area contributed by atoms with E-state index in [1.165, 1.54) is 18.3 Å². The van der Waals surface area contributed by atoms with Gasteiger partial charge in [-0.3, -0.25) is 14.9 Å². The molecule has 0 aliphatic carbocycles. The van der Waals surface area contributed by atoms with Crippen molar-refractivity contribution in [1.29, 1.82) is 0 Å². The lowest BCUT2D eigenvalue weighted by atomic mass is 10.1. The third-order valence-electron chi connectivity index (χ3n) is 4.70. The lowest BCUT2D eigenvalue weighted by Gasteiger charge is -2.11. The van der Waals surface area contributed by atoms with Gasteiger partial charge in [0.25, 0.3) is 5.56 Å². The van der Waals surface area contributed by atoms with Crippen LogP contribution in [0.2, 0.25) is 0 Å². The first-order valence-electron chi connectivity index (χ1n) is 9.65. The van der Waals surface area contributed by atoms with E-state index in [1.54, 1.807) is 43.3 Å². The molecule has 0 aliphatic rings. The van der Waals surface area contributed by atoms with Crippen LogP contribution >= 0.6 is 0 Å². The summed E-state index contributed by atoms with van der Waals surface area (Å²) in [7, 11) is 0. The highest BCUT2D eigenvalue weighted by molar-refractivity contribution is 5.86. The molecule has 0 aliphatic heterocycles. The Bertz CT molecular complexity index is 1400. The number of phenolic OH excluding ortho intramolecular Hbond substituents is 1. The number of nitrogens with zero attached hydrogens (tertiary/aromatic N) is 4. The smallest absolute Gasteiger partial charge is 0.311 e. The van der Waals surface area contributed by atoms with Crippen molar-refractivity contribution in [3.8, 4) is 11.5 Å². The van der Waals surface area contributed by atoms with Crippen LogP contribution in [0.5, 0.6) is 11.5 Å². The largest absolute Gasteiger partial charge is 0.502 e. The highest BCUT2D eigenvalue weighted by atomic mass is 16.6. The Balaban J connectivity index is 1.80. The van der Waals surface area contributed by atoms with Gasteiger partial charge < -0.3 is 9.84 Å². The van der Waals surface area contributed by atoms with E-state index in [2.05, 4.69) is 10.1 Å². The van der Waals surface area contributed by atoms with Crippen molar-refractivity contribution >= 4 is 22.8 Å². The zero-order chi connectivity index (χ0) is 22.7. The topological polar surface area (TPSA) is 120 Å². The summed E-state index contributed by atoms with van der Waals surface area (Å²) in [5, 5.41) is 26.0. The van der Waals surface area contributed by atoms with Gasteiger partial charge in [-0.1, -0.05) is 30.3 Å². The van der Waals surface area contributed by atoms with Crippen LogP contribution in [0, 0.1) is 17.0 Å². The Labute approximate surface area is 182 Å². The summed E-state index contributed by atoms with van der Waals surface area (Å²) in [5.41, 5.74) is 0.284. The molecule has 0 saturated heterocycles. The van der Waals surface area contributed by atoms with Crippen molar-refractivity contribution < 1.29 is 14.8 Å². The second-order valence-corrected chi connectivity index (χ2v) is 6.99. The quantitative estimate of drug-likeness (QED) is 0.282. The van der Waals surface area contributed by atoms with Crippen molar-refractivity contribution in [3.05, 3.63) is 104 Å². The maximum Gasteiger partial charge on any atom is 0.311 e. The molecular formula is C23H18N4O5. The van der Waals surface area contributed by atoms with Gasteiger partial charge in [0.15, 0.2) is 5.82 Å². The number of hydrogen-bond donors (Lipinski definition) is 1. The number of nitro groups is 1. The molecule has 0 spiro atoms. The highest BCUT2D eigenvalue weighted by Gasteiger charge is 2.17. The van der Waals surface area contributed by atoms with Gasteiger partial charge in [-0.05, 0) is 42.8 Å². The van der Waals surface area contributed by atoms with Gasteiger partial charge in [0.2, 0.25) is 5.75 Å². The summed E-state index contributed by atoms with van der Waals surface area (Å²) in [6.45, 7) is 1.62. The van der Waals surface area contributed by atoms with E-state index < -0.39 is 21.9 Å². The number of aromatic hydroxyl groups is 1. The van der Waals surface area contributed by atoms with Gasteiger partial charge in [-0.15, -0.1) is 0 Å². The molecular weight excluding hydrogens is 412 g/mol. The number of hydrogen-bond acceptors (Lipinski definition) is 7. The fraction of sp³-hybridized carbons (Fsp3) is 0.0870. The van der Waals surface area contributed by atoms with Crippen molar-refractivity contribution in [2.24, 2.45) is 5.10 Å². The van der Waals surface area contributed by atoms with Crippen molar-refractivity contribution in [3.63, 3.8) is 0 Å². The second-order valence-electron chi connectivity index (χ2n) is 6.99. The number of phenols is 1. The van der Waals surface area contributed by atoms with Crippen LogP contribution in [0.15, 0.2) is 76.6 Å². The molecule has 9 heteroatoms. The summed E-state index contributed by atoms with van der Waals surface area (Å²) in [5.74, 6) is 0.293. The van der Waals surface area contributed by atoms with Gasteiger partial charge in [0.05, 0.1) is 22.0 Å². The first kappa shape index (κ1) is 20.7. The summed E-state index contributed by atoms with van der Waals surface area (Å²) in [6.07, 6.45) is 1.19. The number of benzene rings is 3. The van der Waals surface area contributed by atoms with Crippen LogP contribution in [-0.4, -0.2) is 25.9 Å². The normalized spacial score (nSPS) is 11.2. The molecule has 160 valence electrons. The Morgan fingerprint density at radius 2 is 1.88 bits per heavy atom. The number of fused-ring (bicyclic) bond motifs is 1. The van der Waals surface area contributed by atoms with E-state index in [1.807, 2.05) is 18.2 Å². The predicted molar refractivity (Wildman–Crippen MR) is 119 cm³/mol. The minimum Gasteiger partial charge on any atom is -0.502 e. The number of rotatable bonds is 6. The molecule has 0 fully saturated rings. The second kappa shape index (κ2) is 8.68. The maximum atomic E-state index is 13.1. The average molecular weight is 430 g/mol. The lowest BCUT2D eigenvalue weighted by molar-refractivity contribution is -0.385. The molecule has 1 aromatic heterocycles. The monoisotopic (exact) mass is 430 g/mol. The van der Waals surface area contributed by atoms with Gasteiger partial charge in [-0.25, -0.2) is 4.98 Å². The van der Waals surface area contributed by atoms with Gasteiger partial charge in [-0.2, -0.15) is 9.78 Å². The first-order valence-corrected chi connectivity index (χ1v) is 9.65. The van der Waals surface area contributed by atoms with E-state index in [9.17, 15) is 20.0 Å². The van der Waals surface area contributed by atoms with E-state index in [0.29, 0.717) is 22.2 Å². The molecule has 0 atom stereocenters. The zero-order valence-corrected chi connectivity index (χ0v) is 17.0. The molecule has 4 rings (SSSR count). The number of aromatic nitrogens is 2. The van der Waals surface area contributed by atoms with E-state index in [4.69, 9.17) is 4.74 Å². The van der Waals surface area contributed by atoms with E-state index >= 15 is 0 Å². The lowest BCUT2D eigenvalue weighted by Crippen LogP contribution is -2.23. The number of aryl methyl sites for hydroxylation is 1. The molecule has 32 heavy (non-hydrogen) atoms. The van der Waals surface area contributed by atoms with Crippen LogP contribution in [0.25, 0.3) is 10.9 Å². The van der Waals surface area contributed by atoms with Crippen LogP contribution in [0.4, 0.5) is 5.69 Å². The van der Waals surface area contributed by atoms with Crippen molar-refractivity contribution in [2.45, 2.75) is 13.5 Å². The fourth-order valence-electron chi connectivity index (χ4n) is 3.19. The van der Waals surface area contributed by atoms with Crippen LogP contribution in [0.1, 0.15) is 17.0 Å². The minimum atomic E-state index is -0.678. The Kier molecular flexibility index (Phi) is 5.63. The zero-order valence-electron chi connectivity index (χ0n) is 17.0. The molecule has 0 unspecified atom stereocenters. The summed E-state index contributed by atoms with van der Waals surface area (Å²) in [6, 6.07) is 18.7. The molecule has 1 N–H and O–H groups in total. The van der Waals surface area contributed by atoms with Crippen LogP contribution in [0.3, 0.4) is 0 Å². The standard InChI is InChI=1S/C23H18N4O5/c1-15-11-16(22(28)20(12-15)27(30)31)13-24-26-21(14-32-17-7-3-2-4-8-17)25-19-10-6-5-9-18(19)23(26)29/h2-13,28H,14H2,1H3/b24-13+. The predicted octanol–water partition coefficient (Wildman–Crippen LogP) is 3.78.